The number of alkyl halides is 3. The normalized spacial score (nSPS) is 25.1. The van der Waals surface area contributed by atoms with Crippen molar-refractivity contribution in [2.24, 2.45) is 5.73 Å². The van der Waals surface area contributed by atoms with E-state index in [1.54, 1.807) is 12.1 Å². The Morgan fingerprint density at radius 3 is 2.40 bits per heavy atom. The molecular formula is C10H10F3NO. The lowest BCUT2D eigenvalue weighted by molar-refractivity contribution is -0.274. The van der Waals surface area contributed by atoms with Gasteiger partial charge in [-0.3, -0.25) is 0 Å². The molecule has 2 atom stereocenters. The first-order valence-corrected chi connectivity index (χ1v) is 4.57. The van der Waals surface area contributed by atoms with Crippen molar-refractivity contribution in [3.63, 3.8) is 0 Å². The molecule has 1 aromatic rings. The Hall–Kier alpha value is -1.23. The fourth-order valence-electron chi connectivity index (χ4n) is 1.58. The third kappa shape index (κ3) is 2.41. The smallest absolute Gasteiger partial charge is 0.405 e. The van der Waals surface area contributed by atoms with E-state index >= 15 is 0 Å². The number of hydrogen-bond acceptors (Lipinski definition) is 2. The van der Waals surface area contributed by atoms with E-state index in [1.165, 1.54) is 12.1 Å². The maximum Gasteiger partial charge on any atom is 0.573 e. The molecule has 2 rings (SSSR count). The Labute approximate surface area is 84.8 Å². The van der Waals surface area contributed by atoms with Crippen LogP contribution in [0.1, 0.15) is 17.9 Å². The highest BCUT2D eigenvalue weighted by atomic mass is 19.4. The Balaban J connectivity index is 2.23. The predicted molar refractivity (Wildman–Crippen MR) is 48.5 cm³/mol. The fourth-order valence-corrected chi connectivity index (χ4v) is 1.58. The first-order valence-electron chi connectivity index (χ1n) is 4.57. The zero-order valence-electron chi connectivity index (χ0n) is 7.79. The van der Waals surface area contributed by atoms with Crippen molar-refractivity contribution >= 4 is 0 Å². The molecule has 1 fully saturated rings. The minimum Gasteiger partial charge on any atom is -0.405 e. The highest BCUT2D eigenvalue weighted by Gasteiger charge is 2.39. The van der Waals surface area contributed by atoms with Gasteiger partial charge in [0.25, 0.3) is 0 Å². The molecular weight excluding hydrogens is 207 g/mol. The summed E-state index contributed by atoms with van der Waals surface area (Å²) < 4.78 is 40.1. The summed E-state index contributed by atoms with van der Waals surface area (Å²) in [5, 5.41) is 0. The van der Waals surface area contributed by atoms with Crippen LogP contribution in [-0.2, 0) is 0 Å². The van der Waals surface area contributed by atoms with E-state index in [1.807, 2.05) is 0 Å². The molecule has 1 saturated carbocycles. The van der Waals surface area contributed by atoms with Crippen molar-refractivity contribution in [1.82, 2.24) is 0 Å². The molecule has 1 aromatic carbocycles. The number of para-hydroxylation sites is 1. The summed E-state index contributed by atoms with van der Waals surface area (Å²) in [6.07, 6.45) is -3.92. The average Bonchev–Trinajstić information content (AvgIpc) is 2.80. The van der Waals surface area contributed by atoms with Crippen LogP contribution in [0.5, 0.6) is 5.75 Å². The summed E-state index contributed by atoms with van der Waals surface area (Å²) >= 11 is 0. The van der Waals surface area contributed by atoms with Crippen molar-refractivity contribution in [2.45, 2.75) is 24.7 Å². The zero-order chi connectivity index (χ0) is 11.1. The van der Waals surface area contributed by atoms with Crippen LogP contribution in [0.2, 0.25) is 0 Å². The van der Waals surface area contributed by atoms with Gasteiger partial charge in [0, 0.05) is 12.0 Å². The van der Waals surface area contributed by atoms with Gasteiger partial charge < -0.3 is 10.5 Å². The Morgan fingerprint density at radius 1 is 1.27 bits per heavy atom. The number of ether oxygens (including phenoxy) is 1. The van der Waals surface area contributed by atoms with E-state index < -0.39 is 6.36 Å². The van der Waals surface area contributed by atoms with Crippen LogP contribution in [0, 0.1) is 0 Å². The van der Waals surface area contributed by atoms with Gasteiger partial charge in [-0.05, 0) is 18.1 Å². The molecule has 5 heteroatoms. The maximum absolute atomic E-state index is 12.0. The summed E-state index contributed by atoms with van der Waals surface area (Å²) in [7, 11) is 0. The minimum atomic E-state index is -4.64. The van der Waals surface area contributed by atoms with Crippen molar-refractivity contribution < 1.29 is 17.9 Å². The number of nitrogens with two attached hydrogens (primary N) is 1. The van der Waals surface area contributed by atoms with Crippen LogP contribution >= 0.6 is 0 Å². The van der Waals surface area contributed by atoms with E-state index in [2.05, 4.69) is 4.74 Å². The molecule has 0 saturated heterocycles. The van der Waals surface area contributed by atoms with Crippen molar-refractivity contribution in [1.29, 1.82) is 0 Å². The first-order chi connectivity index (χ1) is 6.97. The molecule has 0 bridgehead atoms. The Morgan fingerprint density at radius 2 is 1.87 bits per heavy atom. The molecule has 1 aliphatic rings. The topological polar surface area (TPSA) is 35.2 Å². The number of rotatable bonds is 2. The van der Waals surface area contributed by atoms with Crippen molar-refractivity contribution in [3.05, 3.63) is 29.8 Å². The van der Waals surface area contributed by atoms with Gasteiger partial charge in [0.05, 0.1) is 0 Å². The second-order valence-corrected chi connectivity index (χ2v) is 3.59. The van der Waals surface area contributed by atoms with Gasteiger partial charge >= 0.3 is 6.36 Å². The van der Waals surface area contributed by atoms with Crippen LogP contribution in [-0.4, -0.2) is 12.4 Å². The Bertz CT molecular complexity index is 364. The number of hydrogen-bond donors (Lipinski definition) is 1. The van der Waals surface area contributed by atoms with Gasteiger partial charge in [-0.1, -0.05) is 18.2 Å². The largest absolute Gasteiger partial charge is 0.573 e. The molecule has 0 aliphatic heterocycles. The van der Waals surface area contributed by atoms with Crippen LogP contribution in [0.25, 0.3) is 0 Å². The number of halogens is 3. The van der Waals surface area contributed by atoms with Gasteiger partial charge in [0.15, 0.2) is 0 Å². The van der Waals surface area contributed by atoms with Crippen LogP contribution in [0.15, 0.2) is 24.3 Å². The SMILES string of the molecule is N[C@@H]1C[C@H]1c1ccccc1OC(F)(F)F. The van der Waals surface area contributed by atoms with E-state index in [9.17, 15) is 13.2 Å². The molecule has 0 amide bonds. The quantitative estimate of drug-likeness (QED) is 0.825. The predicted octanol–water partition coefficient (Wildman–Crippen LogP) is 2.40. The third-order valence-corrected chi connectivity index (χ3v) is 2.38. The number of benzene rings is 1. The molecule has 2 nitrogen and oxygen atoms in total. The van der Waals surface area contributed by atoms with Gasteiger partial charge in [-0.15, -0.1) is 13.2 Å². The standard InChI is InChI=1S/C10H10F3NO/c11-10(12,13)15-9-4-2-1-3-6(9)7-5-8(7)14/h1-4,7-8H,5,14H2/t7-,8+/m0/s1. The minimum absolute atomic E-state index is 0.00329. The van der Waals surface area contributed by atoms with E-state index in [4.69, 9.17) is 5.73 Å². The molecule has 0 spiro atoms. The second kappa shape index (κ2) is 3.41. The van der Waals surface area contributed by atoms with E-state index in [0.717, 1.165) is 6.42 Å². The molecule has 15 heavy (non-hydrogen) atoms. The van der Waals surface area contributed by atoms with Gasteiger partial charge in [-0.2, -0.15) is 0 Å². The molecule has 2 N–H and O–H groups in total. The first kappa shape index (κ1) is 10.3. The summed E-state index contributed by atoms with van der Waals surface area (Å²) in [5.41, 5.74) is 6.14. The monoisotopic (exact) mass is 217 g/mol. The van der Waals surface area contributed by atoms with Crippen molar-refractivity contribution in [3.8, 4) is 5.75 Å². The molecule has 82 valence electrons. The lowest BCUT2D eigenvalue weighted by Gasteiger charge is -2.12. The Kier molecular flexibility index (Phi) is 2.34. The van der Waals surface area contributed by atoms with Gasteiger partial charge in [0.2, 0.25) is 0 Å². The highest BCUT2D eigenvalue weighted by molar-refractivity contribution is 5.40. The average molecular weight is 217 g/mol. The lowest BCUT2D eigenvalue weighted by Crippen LogP contribution is -2.18. The molecule has 0 heterocycles. The summed E-state index contributed by atoms with van der Waals surface area (Å²) in [6.45, 7) is 0. The lowest BCUT2D eigenvalue weighted by atomic mass is 10.1. The van der Waals surface area contributed by atoms with Crippen molar-refractivity contribution in [2.75, 3.05) is 0 Å². The summed E-state index contributed by atoms with van der Waals surface area (Å²) in [5.74, 6) is -0.133. The maximum atomic E-state index is 12.0. The third-order valence-electron chi connectivity index (χ3n) is 2.38. The molecule has 0 radical (unpaired) electrons. The van der Waals surface area contributed by atoms with Crippen LogP contribution in [0.3, 0.4) is 0 Å². The van der Waals surface area contributed by atoms with Crippen LogP contribution in [0.4, 0.5) is 13.2 Å². The van der Waals surface area contributed by atoms with Crippen LogP contribution < -0.4 is 10.5 Å². The summed E-state index contributed by atoms with van der Waals surface area (Å²) in [6, 6.07) is 6.09. The second-order valence-electron chi connectivity index (χ2n) is 3.59. The zero-order valence-corrected chi connectivity index (χ0v) is 7.79. The van der Waals surface area contributed by atoms with Gasteiger partial charge in [0.1, 0.15) is 5.75 Å². The highest BCUT2D eigenvalue weighted by Crippen LogP contribution is 2.44. The molecule has 1 aliphatic carbocycles. The summed E-state index contributed by atoms with van der Waals surface area (Å²) in [4.78, 5) is 0. The fraction of sp³-hybridized carbons (Fsp3) is 0.400. The van der Waals surface area contributed by atoms with E-state index in [0.29, 0.717) is 5.56 Å². The molecule has 0 unspecified atom stereocenters. The molecule has 0 aromatic heterocycles. The van der Waals surface area contributed by atoms with Gasteiger partial charge in [-0.25, -0.2) is 0 Å². The van der Waals surface area contributed by atoms with E-state index in [-0.39, 0.29) is 17.7 Å².